The average Bonchev–Trinajstić information content (AvgIpc) is 2.66. The number of ether oxygens (including phenoxy) is 1. The number of aliphatic hydroxyl groups is 1. The van der Waals surface area contributed by atoms with E-state index in [0.717, 1.165) is 0 Å². The standard InChI is InChI=1S/C7H12N4O3S/c1-14-6(13)2-5-15-7-8-9-10-11(7)3-4-12/h12H,2-5H2,1H3. The molecule has 0 saturated heterocycles. The van der Waals surface area contributed by atoms with E-state index < -0.39 is 0 Å². The van der Waals surface area contributed by atoms with E-state index in [1.807, 2.05) is 0 Å². The molecule has 0 aromatic carbocycles. The van der Waals surface area contributed by atoms with Crippen molar-refractivity contribution in [3.63, 3.8) is 0 Å². The molecule has 1 rings (SSSR count). The lowest BCUT2D eigenvalue weighted by Crippen LogP contribution is -2.07. The molecule has 8 heteroatoms. The molecule has 0 aliphatic carbocycles. The van der Waals surface area contributed by atoms with Gasteiger partial charge >= 0.3 is 5.97 Å². The van der Waals surface area contributed by atoms with E-state index in [2.05, 4.69) is 20.3 Å². The summed E-state index contributed by atoms with van der Waals surface area (Å²) < 4.78 is 5.98. The highest BCUT2D eigenvalue weighted by atomic mass is 32.2. The molecule has 1 heterocycles. The number of hydrogen-bond donors (Lipinski definition) is 1. The fourth-order valence-corrected chi connectivity index (χ4v) is 1.68. The first kappa shape index (κ1) is 11.9. The normalized spacial score (nSPS) is 10.3. The molecular weight excluding hydrogens is 220 g/mol. The van der Waals surface area contributed by atoms with Crippen molar-refractivity contribution in [1.29, 1.82) is 0 Å². The van der Waals surface area contributed by atoms with Crippen LogP contribution in [0.2, 0.25) is 0 Å². The molecule has 84 valence electrons. The minimum absolute atomic E-state index is 0.0183. The Labute approximate surface area is 90.8 Å². The van der Waals surface area contributed by atoms with Gasteiger partial charge in [-0.2, -0.15) is 0 Å². The number of rotatable bonds is 6. The van der Waals surface area contributed by atoms with Crippen LogP contribution in [0, 0.1) is 0 Å². The summed E-state index contributed by atoms with van der Waals surface area (Å²) in [5, 5.41) is 20.2. The maximum atomic E-state index is 10.8. The molecule has 0 bridgehead atoms. The third-order valence-electron chi connectivity index (χ3n) is 1.58. The number of tetrazole rings is 1. The summed E-state index contributed by atoms with van der Waals surface area (Å²) in [5.74, 6) is 0.294. The van der Waals surface area contributed by atoms with E-state index in [1.54, 1.807) is 0 Å². The Morgan fingerprint density at radius 1 is 1.67 bits per heavy atom. The minimum Gasteiger partial charge on any atom is -0.469 e. The number of aliphatic hydroxyl groups excluding tert-OH is 1. The van der Waals surface area contributed by atoms with Crippen molar-refractivity contribution in [2.75, 3.05) is 19.5 Å². The first-order chi connectivity index (χ1) is 7.27. The summed E-state index contributed by atoms with van der Waals surface area (Å²) in [6.07, 6.45) is 0.313. The van der Waals surface area contributed by atoms with Crippen LogP contribution in [0.25, 0.3) is 0 Å². The summed E-state index contributed by atoms with van der Waals surface area (Å²) in [7, 11) is 1.35. The number of carbonyl (C=O) groups is 1. The lowest BCUT2D eigenvalue weighted by molar-refractivity contribution is -0.140. The van der Waals surface area contributed by atoms with Crippen LogP contribution in [-0.4, -0.2) is 50.8 Å². The molecule has 1 aromatic rings. The Kier molecular flexibility index (Phi) is 5.05. The van der Waals surface area contributed by atoms with Gasteiger partial charge in [0.1, 0.15) is 0 Å². The van der Waals surface area contributed by atoms with Gasteiger partial charge in [0.05, 0.1) is 26.7 Å². The Morgan fingerprint density at radius 2 is 2.47 bits per heavy atom. The van der Waals surface area contributed by atoms with Crippen molar-refractivity contribution < 1.29 is 14.6 Å². The minimum atomic E-state index is -0.260. The Balaban J connectivity index is 2.36. The van der Waals surface area contributed by atoms with Gasteiger partial charge in [0, 0.05) is 5.75 Å². The highest BCUT2D eigenvalue weighted by Crippen LogP contribution is 2.14. The topological polar surface area (TPSA) is 90.1 Å². The predicted molar refractivity (Wildman–Crippen MR) is 52.3 cm³/mol. The smallest absolute Gasteiger partial charge is 0.306 e. The largest absolute Gasteiger partial charge is 0.469 e. The molecule has 0 amide bonds. The summed E-state index contributed by atoms with van der Waals surface area (Å²) in [6.45, 7) is 0.336. The first-order valence-electron chi connectivity index (χ1n) is 4.34. The SMILES string of the molecule is COC(=O)CCSc1nnnn1CCO. The van der Waals surface area contributed by atoms with Crippen LogP contribution in [0.5, 0.6) is 0 Å². The maximum Gasteiger partial charge on any atom is 0.306 e. The predicted octanol–water partition coefficient (Wildman–Crippen LogP) is -0.679. The van der Waals surface area contributed by atoms with Gasteiger partial charge in [0.2, 0.25) is 5.16 Å². The Bertz CT molecular complexity index is 317. The second-order valence-corrected chi connectivity index (χ2v) is 3.64. The third-order valence-corrected chi connectivity index (χ3v) is 2.53. The van der Waals surface area contributed by atoms with Crippen molar-refractivity contribution in [3.8, 4) is 0 Å². The zero-order valence-corrected chi connectivity index (χ0v) is 9.11. The fraction of sp³-hybridized carbons (Fsp3) is 0.714. The summed E-state index contributed by atoms with van der Waals surface area (Å²) in [6, 6.07) is 0. The Morgan fingerprint density at radius 3 is 3.13 bits per heavy atom. The lowest BCUT2D eigenvalue weighted by Gasteiger charge is -2.01. The first-order valence-corrected chi connectivity index (χ1v) is 5.33. The van der Waals surface area contributed by atoms with Crippen LogP contribution in [-0.2, 0) is 16.1 Å². The molecule has 1 aromatic heterocycles. The second kappa shape index (κ2) is 6.36. The number of methoxy groups -OCH3 is 1. The quantitative estimate of drug-likeness (QED) is 0.513. The third kappa shape index (κ3) is 3.84. The van der Waals surface area contributed by atoms with E-state index in [0.29, 0.717) is 23.9 Å². The van der Waals surface area contributed by atoms with Gasteiger partial charge in [-0.3, -0.25) is 4.79 Å². The van der Waals surface area contributed by atoms with Crippen LogP contribution in [0.4, 0.5) is 0 Å². The van der Waals surface area contributed by atoms with Crippen molar-refractivity contribution in [2.45, 2.75) is 18.1 Å². The number of carbonyl (C=O) groups excluding carboxylic acids is 1. The fourth-order valence-electron chi connectivity index (χ4n) is 0.863. The van der Waals surface area contributed by atoms with Gasteiger partial charge in [-0.1, -0.05) is 11.8 Å². The number of esters is 1. The number of aromatic nitrogens is 4. The van der Waals surface area contributed by atoms with Crippen molar-refractivity contribution in [1.82, 2.24) is 20.2 Å². The number of hydrogen-bond acceptors (Lipinski definition) is 7. The van der Waals surface area contributed by atoms with Crippen molar-refractivity contribution >= 4 is 17.7 Å². The second-order valence-electron chi connectivity index (χ2n) is 2.58. The van der Waals surface area contributed by atoms with Gasteiger partial charge < -0.3 is 9.84 Å². The van der Waals surface area contributed by atoms with Gasteiger partial charge in [0.15, 0.2) is 0 Å². The Hall–Kier alpha value is -1.15. The molecule has 0 fully saturated rings. The zero-order chi connectivity index (χ0) is 11.1. The molecule has 1 N–H and O–H groups in total. The van der Waals surface area contributed by atoms with Gasteiger partial charge in [0.25, 0.3) is 0 Å². The van der Waals surface area contributed by atoms with E-state index >= 15 is 0 Å². The maximum absolute atomic E-state index is 10.8. The molecule has 15 heavy (non-hydrogen) atoms. The van der Waals surface area contributed by atoms with Gasteiger partial charge in [-0.05, 0) is 10.4 Å². The summed E-state index contributed by atoms with van der Waals surface area (Å²) >= 11 is 1.35. The van der Waals surface area contributed by atoms with Gasteiger partial charge in [-0.15, -0.1) is 5.10 Å². The van der Waals surface area contributed by atoms with Crippen molar-refractivity contribution in [3.05, 3.63) is 0 Å². The van der Waals surface area contributed by atoms with E-state index in [1.165, 1.54) is 23.6 Å². The van der Waals surface area contributed by atoms with Crippen LogP contribution in [0.1, 0.15) is 6.42 Å². The van der Waals surface area contributed by atoms with Crippen LogP contribution < -0.4 is 0 Å². The van der Waals surface area contributed by atoms with E-state index in [-0.39, 0.29) is 12.6 Å². The molecule has 0 spiro atoms. The highest BCUT2D eigenvalue weighted by Gasteiger charge is 2.07. The zero-order valence-electron chi connectivity index (χ0n) is 8.29. The molecule has 0 radical (unpaired) electrons. The van der Waals surface area contributed by atoms with Gasteiger partial charge in [-0.25, -0.2) is 4.68 Å². The molecule has 0 aliphatic rings. The van der Waals surface area contributed by atoms with Crippen LogP contribution in [0.15, 0.2) is 5.16 Å². The lowest BCUT2D eigenvalue weighted by atomic mass is 10.5. The van der Waals surface area contributed by atoms with Crippen molar-refractivity contribution in [2.24, 2.45) is 0 Å². The molecule has 0 unspecified atom stereocenters. The monoisotopic (exact) mass is 232 g/mol. The molecular formula is C7H12N4O3S. The summed E-state index contributed by atoms with van der Waals surface area (Å²) in [4.78, 5) is 10.8. The molecule has 0 saturated carbocycles. The van der Waals surface area contributed by atoms with E-state index in [9.17, 15) is 4.79 Å². The highest BCUT2D eigenvalue weighted by molar-refractivity contribution is 7.99. The average molecular weight is 232 g/mol. The number of nitrogens with zero attached hydrogens (tertiary/aromatic N) is 4. The van der Waals surface area contributed by atoms with Crippen LogP contribution in [0.3, 0.4) is 0 Å². The van der Waals surface area contributed by atoms with E-state index in [4.69, 9.17) is 5.11 Å². The van der Waals surface area contributed by atoms with Crippen LogP contribution >= 0.6 is 11.8 Å². The summed E-state index contributed by atoms with van der Waals surface area (Å²) in [5.41, 5.74) is 0. The molecule has 7 nitrogen and oxygen atoms in total. The number of thioether (sulfide) groups is 1. The molecule has 0 aliphatic heterocycles. The molecule has 0 atom stereocenters.